The molecule has 12 nitrogen and oxygen atoms in total. The Kier molecular flexibility index (Phi) is 9.77. The smallest absolute Gasteiger partial charge is 0.258 e. The number of carbonyl (C=O) groups is 2. The molecular weight excluding hydrogens is 620 g/mol. The number of hydrogen-bond donors (Lipinski definition) is 4. The van der Waals surface area contributed by atoms with Gasteiger partial charge in [-0.05, 0) is 57.3 Å². The van der Waals surface area contributed by atoms with Crippen molar-refractivity contribution < 1.29 is 31.5 Å². The number of benzene rings is 2. The van der Waals surface area contributed by atoms with Gasteiger partial charge in [0.25, 0.3) is 5.91 Å². The van der Waals surface area contributed by atoms with Gasteiger partial charge in [0.05, 0.1) is 16.1 Å². The second-order valence-corrected chi connectivity index (χ2v) is 14.4. The van der Waals surface area contributed by atoms with E-state index < -0.39 is 37.9 Å². The monoisotopic (exact) mass is 659 g/mol. The minimum atomic E-state index is -4.31. The lowest BCUT2D eigenvalue weighted by atomic mass is 9.84. The van der Waals surface area contributed by atoms with Crippen LogP contribution in [0.3, 0.4) is 0 Å². The average Bonchev–Trinajstić information content (AvgIpc) is 3.40. The molecular formula is C31H39F2N7O5S. The van der Waals surface area contributed by atoms with Gasteiger partial charge in [0.1, 0.15) is 11.6 Å². The molecule has 46 heavy (non-hydrogen) atoms. The first-order valence-electron chi connectivity index (χ1n) is 15.0. The summed E-state index contributed by atoms with van der Waals surface area (Å²) in [7, 11) is -0.397. The maximum atomic E-state index is 13.9. The molecule has 0 atom stereocenters. The molecule has 2 aromatic carbocycles. The van der Waals surface area contributed by atoms with E-state index in [2.05, 4.69) is 26.1 Å². The van der Waals surface area contributed by atoms with Gasteiger partial charge in [0, 0.05) is 73.7 Å². The molecule has 1 saturated heterocycles. The number of aromatic nitrogens is 2. The Hall–Kier alpha value is -3.92. The molecule has 0 bridgehead atoms. The number of likely N-dealkylation sites (N-methyl/N-ethyl adjacent to an activating group) is 1. The number of H-pyrrole nitrogens is 1. The molecule has 248 valence electrons. The fraction of sp³-hybridized carbons (Fsp3) is 0.452. The number of sulfonamides is 1. The number of nitrogens with one attached hydrogen (secondary N) is 4. The maximum Gasteiger partial charge on any atom is 0.258 e. The van der Waals surface area contributed by atoms with E-state index in [1.54, 1.807) is 32.0 Å². The Morgan fingerprint density at radius 1 is 1.09 bits per heavy atom. The molecule has 0 radical (unpaired) electrons. The lowest BCUT2D eigenvalue weighted by Crippen LogP contribution is -2.45. The van der Waals surface area contributed by atoms with Crippen LogP contribution < -0.4 is 16.0 Å². The number of ether oxygens (including phenoxy) is 1. The van der Waals surface area contributed by atoms with Crippen LogP contribution in [-0.2, 0) is 31.5 Å². The summed E-state index contributed by atoms with van der Waals surface area (Å²) in [6.07, 6.45) is 1.15. The van der Waals surface area contributed by atoms with Crippen molar-refractivity contribution in [2.75, 3.05) is 62.9 Å². The van der Waals surface area contributed by atoms with E-state index in [1.807, 2.05) is 19.0 Å². The molecule has 2 aliphatic heterocycles. The van der Waals surface area contributed by atoms with Crippen LogP contribution in [-0.4, -0.2) is 86.6 Å². The van der Waals surface area contributed by atoms with E-state index >= 15 is 0 Å². The number of aromatic amines is 1. The van der Waals surface area contributed by atoms with Gasteiger partial charge >= 0.3 is 0 Å². The molecule has 4 N–H and O–H groups in total. The highest BCUT2D eigenvalue weighted by atomic mass is 32.2. The van der Waals surface area contributed by atoms with Gasteiger partial charge in [0.15, 0.2) is 5.82 Å². The quantitative estimate of drug-likeness (QED) is 0.257. The van der Waals surface area contributed by atoms with E-state index in [0.29, 0.717) is 61.3 Å². The van der Waals surface area contributed by atoms with E-state index in [9.17, 15) is 26.8 Å². The van der Waals surface area contributed by atoms with Crippen molar-refractivity contribution in [2.45, 2.75) is 43.5 Å². The second-order valence-electron chi connectivity index (χ2n) is 12.5. The number of nitrogens with zero attached hydrogens (tertiary/aromatic N) is 3. The van der Waals surface area contributed by atoms with Gasteiger partial charge in [0.2, 0.25) is 15.9 Å². The first-order chi connectivity index (χ1) is 21.7. The summed E-state index contributed by atoms with van der Waals surface area (Å²) in [6, 6.07) is 7.20. The van der Waals surface area contributed by atoms with Crippen molar-refractivity contribution in [2.24, 2.45) is 5.92 Å². The van der Waals surface area contributed by atoms with Gasteiger partial charge in [-0.3, -0.25) is 14.7 Å². The molecule has 0 aliphatic carbocycles. The van der Waals surface area contributed by atoms with Crippen molar-refractivity contribution in [1.82, 2.24) is 19.4 Å². The Morgan fingerprint density at radius 3 is 2.46 bits per heavy atom. The molecule has 0 unspecified atom stereocenters. The number of halogens is 2. The van der Waals surface area contributed by atoms with Crippen LogP contribution in [0.4, 0.5) is 26.0 Å². The first-order valence-corrected chi connectivity index (χ1v) is 16.4. The minimum absolute atomic E-state index is 0.000711. The summed E-state index contributed by atoms with van der Waals surface area (Å²) >= 11 is 0. The third-order valence-corrected chi connectivity index (χ3v) is 9.93. The number of hydrogen-bond acceptors (Lipinski definition) is 8. The highest BCUT2D eigenvalue weighted by molar-refractivity contribution is 7.89. The van der Waals surface area contributed by atoms with Crippen LogP contribution in [0, 0.1) is 17.6 Å². The molecule has 1 aromatic heterocycles. The summed E-state index contributed by atoms with van der Waals surface area (Å²) in [6.45, 7) is 5.79. The molecule has 3 heterocycles. The lowest BCUT2D eigenvalue weighted by Gasteiger charge is -2.36. The lowest BCUT2D eigenvalue weighted by molar-refractivity contribution is -0.122. The largest absolute Gasteiger partial charge is 0.384 e. The van der Waals surface area contributed by atoms with Crippen LogP contribution in [0.25, 0.3) is 0 Å². The predicted molar refractivity (Wildman–Crippen MR) is 169 cm³/mol. The number of anilines is 3. The van der Waals surface area contributed by atoms with Gasteiger partial charge in [-0.15, -0.1) is 0 Å². The molecule has 2 amide bonds. The zero-order valence-electron chi connectivity index (χ0n) is 26.2. The van der Waals surface area contributed by atoms with Crippen LogP contribution >= 0.6 is 0 Å². The Balaban J connectivity index is 1.42. The predicted octanol–water partition coefficient (Wildman–Crippen LogP) is 3.76. The molecule has 3 aromatic rings. The van der Waals surface area contributed by atoms with E-state index in [1.165, 1.54) is 0 Å². The Morgan fingerprint density at radius 2 is 1.78 bits per heavy atom. The molecule has 0 saturated carbocycles. The van der Waals surface area contributed by atoms with Crippen molar-refractivity contribution >= 4 is 39.0 Å². The number of amides is 2. The molecule has 2 aliphatic rings. The van der Waals surface area contributed by atoms with Crippen LogP contribution in [0.5, 0.6) is 0 Å². The Bertz CT molecular complexity index is 1700. The molecule has 1 fully saturated rings. The van der Waals surface area contributed by atoms with Crippen LogP contribution in [0.15, 0.2) is 41.3 Å². The zero-order valence-corrected chi connectivity index (χ0v) is 27.1. The summed E-state index contributed by atoms with van der Waals surface area (Å²) in [4.78, 5) is 28.4. The third-order valence-electron chi connectivity index (χ3n) is 8.16. The number of rotatable bonds is 10. The average molecular weight is 660 g/mol. The van der Waals surface area contributed by atoms with Crippen molar-refractivity contribution in [3.63, 3.8) is 0 Å². The summed E-state index contributed by atoms with van der Waals surface area (Å²) in [5, 5.41) is 16.2. The van der Waals surface area contributed by atoms with Gasteiger partial charge in [-0.1, -0.05) is 13.8 Å². The van der Waals surface area contributed by atoms with Crippen LogP contribution in [0.1, 0.15) is 48.3 Å². The van der Waals surface area contributed by atoms with E-state index in [-0.39, 0.29) is 36.3 Å². The van der Waals surface area contributed by atoms with Crippen molar-refractivity contribution in [1.29, 1.82) is 0 Å². The highest BCUT2D eigenvalue weighted by Gasteiger charge is 2.41. The first kappa shape index (κ1) is 33.4. The second kappa shape index (κ2) is 13.4. The standard InChI is InChI=1S/C31H39F2N7O5S/c1-31(2)18-40(46(43,44)23-14-20(32)13-21(33)15-23)17-25-27(31)37-38-28(25)36-30(42)24-6-5-22(34-9-10-39(3)4)16-26(24)35-29(41)19-7-11-45-12-8-19/h5-6,13-16,19,34H,7-12,17-18H2,1-4H3,(H,35,41)(H2,36,37,38,42). The molecule has 0 spiro atoms. The van der Waals surface area contributed by atoms with Gasteiger partial charge < -0.3 is 25.6 Å². The summed E-state index contributed by atoms with van der Waals surface area (Å²) < 4.78 is 61.4. The summed E-state index contributed by atoms with van der Waals surface area (Å²) in [5.41, 5.74) is 1.46. The SMILES string of the molecule is CN(C)CCNc1ccc(C(=O)Nc2n[nH]c3c2CN(S(=O)(=O)c2cc(F)cc(F)c2)CC3(C)C)c(NC(=O)C2CCOCC2)c1. The number of carbonyl (C=O) groups excluding carboxylic acids is 2. The van der Waals surface area contributed by atoms with E-state index in [0.717, 1.165) is 23.0 Å². The third kappa shape index (κ3) is 7.38. The highest BCUT2D eigenvalue weighted by Crippen LogP contribution is 2.38. The number of fused-ring (bicyclic) bond motifs is 1. The fourth-order valence-corrected chi connectivity index (χ4v) is 7.29. The fourth-order valence-electron chi connectivity index (χ4n) is 5.68. The molecule has 15 heteroatoms. The van der Waals surface area contributed by atoms with Gasteiger partial charge in [-0.25, -0.2) is 17.2 Å². The topological polar surface area (TPSA) is 149 Å². The van der Waals surface area contributed by atoms with Crippen molar-refractivity contribution in [3.05, 3.63) is 64.9 Å². The van der Waals surface area contributed by atoms with Gasteiger partial charge in [-0.2, -0.15) is 9.40 Å². The minimum Gasteiger partial charge on any atom is -0.384 e. The zero-order chi connectivity index (χ0) is 33.2. The molecule has 5 rings (SSSR count). The van der Waals surface area contributed by atoms with Crippen LogP contribution in [0.2, 0.25) is 0 Å². The Labute approximate surface area is 266 Å². The normalized spacial score (nSPS) is 17.0. The maximum absolute atomic E-state index is 13.9. The van der Waals surface area contributed by atoms with E-state index in [4.69, 9.17) is 4.74 Å². The summed E-state index contributed by atoms with van der Waals surface area (Å²) in [5.74, 6) is -2.95. The van der Waals surface area contributed by atoms with Crippen molar-refractivity contribution in [3.8, 4) is 0 Å².